The van der Waals surface area contributed by atoms with E-state index in [4.69, 9.17) is 0 Å². The minimum atomic E-state index is -3.64. The van der Waals surface area contributed by atoms with Gasteiger partial charge in [-0.15, -0.1) is 0 Å². The molecule has 24 heavy (non-hydrogen) atoms. The summed E-state index contributed by atoms with van der Waals surface area (Å²) in [6.07, 6.45) is 6.21. The van der Waals surface area contributed by atoms with E-state index in [1.54, 1.807) is 10.9 Å². The highest BCUT2D eigenvalue weighted by Crippen LogP contribution is 2.14. The van der Waals surface area contributed by atoms with Gasteiger partial charge in [-0.25, -0.2) is 23.1 Å². The number of nitrogens with zero attached hydrogens (tertiary/aromatic N) is 4. The molecule has 7 nitrogen and oxygen atoms in total. The molecule has 3 rings (SSSR count). The van der Waals surface area contributed by atoms with Crippen LogP contribution in [0.1, 0.15) is 5.56 Å². The summed E-state index contributed by atoms with van der Waals surface area (Å²) >= 11 is 0. The second-order valence-corrected chi connectivity index (χ2v) is 7.05. The van der Waals surface area contributed by atoms with Crippen LogP contribution in [0.3, 0.4) is 0 Å². The summed E-state index contributed by atoms with van der Waals surface area (Å²) in [6, 6.07) is 9.39. The van der Waals surface area contributed by atoms with Crippen molar-refractivity contribution in [3.63, 3.8) is 0 Å². The minimum absolute atomic E-state index is 0.0406. The topological polar surface area (TPSA) is 89.8 Å². The summed E-state index contributed by atoms with van der Waals surface area (Å²) in [6.45, 7) is 2.62. The Morgan fingerprint density at radius 2 is 1.79 bits per heavy atom. The van der Waals surface area contributed by atoms with Gasteiger partial charge >= 0.3 is 0 Å². The summed E-state index contributed by atoms with van der Waals surface area (Å²) in [5.74, 6) is 0.488. The van der Waals surface area contributed by atoms with Crippen LogP contribution in [0.25, 0.3) is 11.4 Å². The van der Waals surface area contributed by atoms with Crippen molar-refractivity contribution in [2.75, 3.05) is 6.54 Å². The lowest BCUT2D eigenvalue weighted by Gasteiger charge is -2.07. The molecule has 0 aliphatic heterocycles. The molecule has 0 bridgehead atoms. The maximum atomic E-state index is 12.3. The second kappa shape index (κ2) is 6.90. The Bertz CT molecular complexity index is 905. The predicted molar refractivity (Wildman–Crippen MR) is 89.6 cm³/mol. The Balaban J connectivity index is 1.66. The summed E-state index contributed by atoms with van der Waals surface area (Å²) in [4.78, 5) is 8.31. The number of hydrogen-bond acceptors (Lipinski definition) is 5. The smallest absolute Gasteiger partial charge is 0.243 e. The standard InChI is InChI=1S/C16H17N5O2S/c1-13-9-19-21(12-13)8-7-20-24(22,23)15-10-17-16(18-11-15)14-5-3-2-4-6-14/h2-6,9-12,20H,7-8H2,1H3. The first-order chi connectivity index (χ1) is 11.5. The van der Waals surface area contributed by atoms with Crippen LogP contribution in [0.5, 0.6) is 0 Å². The summed E-state index contributed by atoms with van der Waals surface area (Å²) < 4.78 is 28.7. The van der Waals surface area contributed by atoms with Crippen LogP contribution in [0, 0.1) is 6.92 Å². The number of aryl methyl sites for hydroxylation is 1. The Kier molecular flexibility index (Phi) is 4.68. The van der Waals surface area contributed by atoms with E-state index in [2.05, 4.69) is 19.8 Å². The van der Waals surface area contributed by atoms with Crippen LogP contribution >= 0.6 is 0 Å². The van der Waals surface area contributed by atoms with Crippen molar-refractivity contribution in [3.8, 4) is 11.4 Å². The first-order valence-corrected chi connectivity index (χ1v) is 8.89. The van der Waals surface area contributed by atoms with Gasteiger partial charge in [0.1, 0.15) is 4.90 Å². The van der Waals surface area contributed by atoms with Crippen molar-refractivity contribution in [3.05, 3.63) is 60.7 Å². The molecule has 2 aromatic heterocycles. The molecule has 0 radical (unpaired) electrons. The van der Waals surface area contributed by atoms with Gasteiger partial charge in [0.25, 0.3) is 0 Å². The molecule has 1 N–H and O–H groups in total. The van der Waals surface area contributed by atoms with Crippen LogP contribution in [0.15, 0.2) is 60.0 Å². The Hall–Kier alpha value is -2.58. The summed E-state index contributed by atoms with van der Waals surface area (Å²) in [5, 5.41) is 4.11. The van der Waals surface area contributed by atoms with Gasteiger partial charge in [0, 0.05) is 18.3 Å². The third-order valence-corrected chi connectivity index (χ3v) is 4.78. The molecule has 0 saturated heterocycles. The number of nitrogens with one attached hydrogen (secondary N) is 1. The van der Waals surface area contributed by atoms with E-state index in [0.29, 0.717) is 12.4 Å². The number of sulfonamides is 1. The normalized spacial score (nSPS) is 11.5. The van der Waals surface area contributed by atoms with Crippen molar-refractivity contribution in [2.24, 2.45) is 0 Å². The number of benzene rings is 1. The van der Waals surface area contributed by atoms with Gasteiger partial charge < -0.3 is 0 Å². The van der Waals surface area contributed by atoms with Crippen LogP contribution in [-0.4, -0.2) is 34.7 Å². The molecule has 0 aliphatic carbocycles. The third-order valence-electron chi connectivity index (χ3n) is 3.37. The van der Waals surface area contributed by atoms with Crippen LogP contribution in [0.4, 0.5) is 0 Å². The van der Waals surface area contributed by atoms with Gasteiger partial charge in [-0.2, -0.15) is 5.10 Å². The fraction of sp³-hybridized carbons (Fsp3) is 0.188. The van der Waals surface area contributed by atoms with Crippen molar-refractivity contribution >= 4 is 10.0 Å². The van der Waals surface area contributed by atoms with E-state index in [9.17, 15) is 8.42 Å². The zero-order chi connectivity index (χ0) is 17.0. The van der Waals surface area contributed by atoms with Gasteiger partial charge in [-0.05, 0) is 12.5 Å². The highest BCUT2D eigenvalue weighted by molar-refractivity contribution is 7.89. The van der Waals surface area contributed by atoms with E-state index in [1.807, 2.05) is 43.5 Å². The average molecular weight is 343 g/mol. The van der Waals surface area contributed by atoms with Crippen LogP contribution in [-0.2, 0) is 16.6 Å². The van der Waals surface area contributed by atoms with Crippen LogP contribution < -0.4 is 4.72 Å². The third kappa shape index (κ3) is 3.84. The van der Waals surface area contributed by atoms with Gasteiger partial charge in [0.05, 0.1) is 25.1 Å². The first-order valence-electron chi connectivity index (χ1n) is 7.41. The Labute approximate surface area is 140 Å². The maximum absolute atomic E-state index is 12.3. The molecule has 0 atom stereocenters. The van der Waals surface area contributed by atoms with Gasteiger partial charge in [-0.1, -0.05) is 30.3 Å². The number of aromatic nitrogens is 4. The van der Waals surface area contributed by atoms with Crippen molar-refractivity contribution in [1.82, 2.24) is 24.5 Å². The molecule has 1 aromatic carbocycles. The van der Waals surface area contributed by atoms with E-state index in [0.717, 1.165) is 11.1 Å². The molecule has 3 aromatic rings. The zero-order valence-electron chi connectivity index (χ0n) is 13.1. The zero-order valence-corrected chi connectivity index (χ0v) is 13.9. The maximum Gasteiger partial charge on any atom is 0.243 e. The van der Waals surface area contributed by atoms with E-state index in [-0.39, 0.29) is 11.4 Å². The number of rotatable bonds is 6. The molecule has 124 valence electrons. The van der Waals surface area contributed by atoms with Gasteiger partial charge in [-0.3, -0.25) is 4.68 Å². The molecule has 0 aliphatic rings. The van der Waals surface area contributed by atoms with Gasteiger partial charge in [0.2, 0.25) is 10.0 Å². The van der Waals surface area contributed by atoms with E-state index < -0.39 is 10.0 Å². The average Bonchev–Trinajstić information content (AvgIpc) is 3.01. The van der Waals surface area contributed by atoms with E-state index >= 15 is 0 Å². The van der Waals surface area contributed by atoms with Crippen molar-refractivity contribution in [1.29, 1.82) is 0 Å². The lowest BCUT2D eigenvalue weighted by atomic mass is 10.2. The fourth-order valence-corrected chi connectivity index (χ4v) is 3.07. The summed E-state index contributed by atoms with van der Waals surface area (Å²) in [5.41, 5.74) is 1.87. The monoisotopic (exact) mass is 343 g/mol. The highest BCUT2D eigenvalue weighted by atomic mass is 32.2. The largest absolute Gasteiger partial charge is 0.271 e. The SMILES string of the molecule is Cc1cnn(CCNS(=O)(=O)c2cnc(-c3ccccc3)nc2)c1. The number of hydrogen-bond donors (Lipinski definition) is 1. The minimum Gasteiger partial charge on any atom is -0.271 e. The lowest BCUT2D eigenvalue weighted by molar-refractivity contribution is 0.560. The fourth-order valence-electron chi connectivity index (χ4n) is 2.16. The Morgan fingerprint density at radius 3 is 2.42 bits per heavy atom. The van der Waals surface area contributed by atoms with Gasteiger partial charge in [0.15, 0.2) is 5.82 Å². The summed E-state index contributed by atoms with van der Waals surface area (Å²) in [7, 11) is -3.64. The molecule has 0 amide bonds. The molecule has 0 saturated carbocycles. The van der Waals surface area contributed by atoms with Crippen molar-refractivity contribution < 1.29 is 8.42 Å². The molecule has 0 unspecified atom stereocenters. The highest BCUT2D eigenvalue weighted by Gasteiger charge is 2.15. The molecule has 0 spiro atoms. The molecular formula is C16H17N5O2S. The van der Waals surface area contributed by atoms with Crippen LogP contribution in [0.2, 0.25) is 0 Å². The first kappa shape index (κ1) is 16.3. The molecule has 0 fully saturated rings. The predicted octanol–water partition coefficient (Wildman–Crippen LogP) is 1.63. The quantitative estimate of drug-likeness (QED) is 0.735. The lowest BCUT2D eigenvalue weighted by Crippen LogP contribution is -2.27. The molecular weight excluding hydrogens is 326 g/mol. The molecule has 2 heterocycles. The Morgan fingerprint density at radius 1 is 1.08 bits per heavy atom. The molecule has 8 heteroatoms. The second-order valence-electron chi connectivity index (χ2n) is 5.29. The van der Waals surface area contributed by atoms with E-state index in [1.165, 1.54) is 12.4 Å². The van der Waals surface area contributed by atoms with Crippen molar-refractivity contribution in [2.45, 2.75) is 18.4 Å².